The minimum atomic E-state index is -0.127. The Balaban J connectivity index is 1.68. The molecule has 28 heavy (non-hydrogen) atoms. The fraction of sp³-hybridized carbons (Fsp3) is 0.462. The zero-order valence-electron chi connectivity index (χ0n) is 17.7. The van der Waals surface area contributed by atoms with Crippen LogP contribution < -0.4 is 4.74 Å². The highest BCUT2D eigenvalue weighted by atomic mass is 16.5. The van der Waals surface area contributed by atoms with Gasteiger partial charge in [-0.25, -0.2) is 0 Å². The van der Waals surface area contributed by atoms with Gasteiger partial charge >= 0.3 is 0 Å². The summed E-state index contributed by atoms with van der Waals surface area (Å²) in [6.07, 6.45) is 4.59. The van der Waals surface area contributed by atoms with Crippen LogP contribution in [0.25, 0.3) is 22.3 Å². The van der Waals surface area contributed by atoms with Crippen molar-refractivity contribution in [2.24, 2.45) is 0 Å². The van der Waals surface area contributed by atoms with Gasteiger partial charge in [-0.3, -0.25) is 0 Å². The third-order valence-electron chi connectivity index (χ3n) is 6.38. The lowest BCUT2D eigenvalue weighted by Crippen LogP contribution is -2.41. The molecule has 2 aliphatic rings. The molecule has 0 saturated heterocycles. The van der Waals surface area contributed by atoms with Gasteiger partial charge in [0.25, 0.3) is 0 Å². The Morgan fingerprint density at radius 1 is 1.00 bits per heavy atom. The average Bonchev–Trinajstić information content (AvgIpc) is 3.37. The van der Waals surface area contributed by atoms with Gasteiger partial charge < -0.3 is 9.15 Å². The molecule has 1 aliphatic carbocycles. The monoisotopic (exact) mass is 374 g/mol. The van der Waals surface area contributed by atoms with Gasteiger partial charge in [-0.05, 0) is 92.3 Å². The molecule has 1 aliphatic heterocycles. The number of hydrogen-bond acceptors (Lipinski definition) is 2. The van der Waals surface area contributed by atoms with E-state index in [1.807, 2.05) is 0 Å². The zero-order valence-corrected chi connectivity index (χ0v) is 17.7. The topological polar surface area (TPSA) is 22.4 Å². The largest absolute Gasteiger partial charge is 0.487 e. The van der Waals surface area contributed by atoms with Gasteiger partial charge in [0, 0.05) is 16.5 Å². The van der Waals surface area contributed by atoms with Crippen molar-refractivity contribution < 1.29 is 9.15 Å². The first kappa shape index (κ1) is 17.8. The van der Waals surface area contributed by atoms with Crippen LogP contribution in [-0.2, 0) is 11.8 Å². The molecule has 1 saturated carbocycles. The highest BCUT2D eigenvalue weighted by Gasteiger charge is 2.42. The maximum absolute atomic E-state index is 6.54. The van der Waals surface area contributed by atoms with Crippen molar-refractivity contribution in [2.75, 3.05) is 0 Å². The van der Waals surface area contributed by atoms with Crippen LogP contribution in [0, 0.1) is 0 Å². The first-order valence-corrected chi connectivity index (χ1v) is 10.7. The summed E-state index contributed by atoms with van der Waals surface area (Å²) in [5.74, 6) is 2.74. The number of aryl methyl sites for hydroxylation is 1. The zero-order chi connectivity index (χ0) is 19.7. The molecule has 2 aromatic carbocycles. The first-order valence-electron chi connectivity index (χ1n) is 10.7. The highest BCUT2D eigenvalue weighted by Crippen LogP contribution is 2.53. The van der Waals surface area contributed by atoms with Crippen molar-refractivity contribution >= 4 is 11.0 Å². The Hall–Kier alpha value is -2.22. The summed E-state index contributed by atoms with van der Waals surface area (Å²) in [5.41, 5.74) is 6.17. The minimum absolute atomic E-state index is 0.0815. The molecule has 146 valence electrons. The van der Waals surface area contributed by atoms with E-state index in [0.29, 0.717) is 5.92 Å². The average molecular weight is 375 g/mol. The van der Waals surface area contributed by atoms with E-state index in [4.69, 9.17) is 9.15 Å². The first-order chi connectivity index (χ1) is 13.3. The van der Waals surface area contributed by atoms with E-state index in [-0.39, 0.29) is 11.0 Å². The van der Waals surface area contributed by atoms with Crippen LogP contribution in [0.15, 0.2) is 40.8 Å². The van der Waals surface area contributed by atoms with E-state index in [9.17, 15) is 0 Å². The van der Waals surface area contributed by atoms with Crippen molar-refractivity contribution in [1.29, 1.82) is 0 Å². The van der Waals surface area contributed by atoms with E-state index >= 15 is 0 Å². The number of fused-ring (bicyclic) bond motifs is 2. The van der Waals surface area contributed by atoms with Gasteiger partial charge in [0.1, 0.15) is 22.7 Å². The second kappa shape index (κ2) is 5.89. The molecule has 0 atom stereocenters. The summed E-state index contributed by atoms with van der Waals surface area (Å²) < 4.78 is 12.8. The summed E-state index contributed by atoms with van der Waals surface area (Å²) in [7, 11) is 0. The standard InChI is InChI=1S/C26H30O2/c1-6-16-7-10-22-18(11-16)14-23(27-22)19-12-20(17-8-9-17)24-21(13-19)25(2,3)15-26(4,5)28-24/h7,10-14,17H,6,8-9,15H2,1-5H3. The number of hydrogen-bond donors (Lipinski definition) is 0. The molecule has 0 unspecified atom stereocenters. The van der Waals surface area contributed by atoms with E-state index in [1.165, 1.54) is 40.5 Å². The molecular formula is C26H30O2. The highest BCUT2D eigenvalue weighted by molar-refractivity contribution is 5.84. The van der Waals surface area contributed by atoms with Crippen LogP contribution in [0.3, 0.4) is 0 Å². The van der Waals surface area contributed by atoms with Gasteiger partial charge in [0.05, 0.1) is 0 Å². The number of furan rings is 1. The van der Waals surface area contributed by atoms with Crippen LogP contribution >= 0.6 is 0 Å². The van der Waals surface area contributed by atoms with Gasteiger partial charge in [0.2, 0.25) is 0 Å². The van der Waals surface area contributed by atoms with Gasteiger partial charge in [0.15, 0.2) is 0 Å². The summed E-state index contributed by atoms with van der Waals surface area (Å²) in [5, 5.41) is 1.19. The van der Waals surface area contributed by atoms with Crippen LogP contribution in [0.1, 0.15) is 76.5 Å². The van der Waals surface area contributed by atoms with Crippen LogP contribution in [0.2, 0.25) is 0 Å². The molecule has 0 spiro atoms. The third-order valence-corrected chi connectivity index (χ3v) is 6.38. The van der Waals surface area contributed by atoms with Crippen molar-refractivity contribution in [3.63, 3.8) is 0 Å². The Bertz CT molecular complexity index is 1060. The van der Waals surface area contributed by atoms with Crippen molar-refractivity contribution in [3.05, 3.63) is 53.1 Å². The lowest BCUT2D eigenvalue weighted by molar-refractivity contribution is 0.0522. The Kier molecular flexibility index (Phi) is 3.75. The number of rotatable bonds is 3. The predicted octanol–water partition coefficient (Wildman–Crippen LogP) is 7.38. The SMILES string of the molecule is CCc1ccc2oc(-c3cc(C4CC4)c4c(c3)C(C)(C)CC(C)(C)O4)cc2c1. The van der Waals surface area contributed by atoms with Crippen LogP contribution in [0.4, 0.5) is 0 Å². The van der Waals surface area contributed by atoms with Crippen molar-refractivity contribution in [1.82, 2.24) is 0 Å². The Morgan fingerprint density at radius 3 is 2.50 bits per heavy atom. The molecular weight excluding hydrogens is 344 g/mol. The predicted molar refractivity (Wildman–Crippen MR) is 115 cm³/mol. The van der Waals surface area contributed by atoms with Gasteiger partial charge in [-0.1, -0.05) is 26.8 Å². The Labute approximate surface area is 167 Å². The van der Waals surface area contributed by atoms with E-state index in [0.717, 1.165) is 29.9 Å². The molecule has 1 aromatic heterocycles. The summed E-state index contributed by atoms with van der Waals surface area (Å²) >= 11 is 0. The molecule has 2 nitrogen and oxygen atoms in total. The lowest BCUT2D eigenvalue weighted by Gasteiger charge is -2.43. The van der Waals surface area contributed by atoms with E-state index in [1.54, 1.807) is 0 Å². The van der Waals surface area contributed by atoms with Crippen molar-refractivity contribution in [2.45, 2.75) is 77.2 Å². The molecule has 0 N–H and O–H groups in total. The minimum Gasteiger partial charge on any atom is -0.487 e. The number of benzene rings is 2. The Morgan fingerprint density at radius 2 is 1.79 bits per heavy atom. The fourth-order valence-electron chi connectivity index (χ4n) is 5.03. The number of ether oxygens (including phenoxy) is 1. The maximum Gasteiger partial charge on any atom is 0.135 e. The van der Waals surface area contributed by atoms with E-state index in [2.05, 4.69) is 71.0 Å². The van der Waals surface area contributed by atoms with Gasteiger partial charge in [-0.15, -0.1) is 0 Å². The molecule has 3 aromatic rings. The lowest BCUT2D eigenvalue weighted by atomic mass is 9.72. The normalized spacial score (nSPS) is 20.0. The molecule has 0 bridgehead atoms. The van der Waals surface area contributed by atoms with Crippen LogP contribution in [0.5, 0.6) is 5.75 Å². The van der Waals surface area contributed by atoms with Crippen LogP contribution in [-0.4, -0.2) is 5.60 Å². The second-order valence-corrected chi connectivity index (χ2v) is 9.98. The molecule has 2 heteroatoms. The van der Waals surface area contributed by atoms with Crippen molar-refractivity contribution in [3.8, 4) is 17.1 Å². The maximum atomic E-state index is 6.54. The summed E-state index contributed by atoms with van der Waals surface area (Å²) in [6.45, 7) is 11.3. The molecule has 5 rings (SSSR count). The molecule has 1 fully saturated rings. The second-order valence-electron chi connectivity index (χ2n) is 9.98. The molecule has 0 amide bonds. The molecule has 2 heterocycles. The summed E-state index contributed by atoms with van der Waals surface area (Å²) in [4.78, 5) is 0. The third kappa shape index (κ3) is 2.94. The quantitative estimate of drug-likeness (QED) is 0.477. The fourth-order valence-corrected chi connectivity index (χ4v) is 5.03. The smallest absolute Gasteiger partial charge is 0.135 e. The van der Waals surface area contributed by atoms with Gasteiger partial charge in [-0.2, -0.15) is 0 Å². The molecule has 0 radical (unpaired) electrons. The van der Waals surface area contributed by atoms with E-state index < -0.39 is 0 Å². The summed E-state index contributed by atoms with van der Waals surface area (Å²) in [6, 6.07) is 13.4.